The predicted molar refractivity (Wildman–Crippen MR) is 78.8 cm³/mol. The number of halogens is 1. The minimum atomic E-state index is -3.94. The molecule has 0 saturated heterocycles. The zero-order valence-electron chi connectivity index (χ0n) is 11.7. The molecule has 0 bridgehead atoms. The molecule has 1 aromatic heterocycles. The van der Waals surface area contributed by atoms with Crippen LogP contribution >= 0.6 is 0 Å². The maximum atomic E-state index is 13.3. The quantitative estimate of drug-likeness (QED) is 0.905. The third-order valence-electron chi connectivity index (χ3n) is 2.88. The Balaban J connectivity index is 2.45. The molecule has 112 valence electrons. The monoisotopic (exact) mass is 309 g/mol. The van der Waals surface area contributed by atoms with Crippen LogP contribution in [-0.2, 0) is 16.6 Å². The van der Waals surface area contributed by atoms with Crippen LogP contribution in [0.5, 0.6) is 0 Å². The van der Waals surface area contributed by atoms with Gasteiger partial charge < -0.3 is 5.73 Å². The van der Waals surface area contributed by atoms with Gasteiger partial charge in [0.05, 0.1) is 4.90 Å². The van der Waals surface area contributed by atoms with Gasteiger partial charge in [0, 0.05) is 12.2 Å². The van der Waals surface area contributed by atoms with Gasteiger partial charge in [-0.1, -0.05) is 6.07 Å². The highest BCUT2D eigenvalue weighted by Crippen LogP contribution is 2.20. The molecule has 0 unspecified atom stereocenters. The van der Waals surface area contributed by atoms with Gasteiger partial charge in [0.15, 0.2) is 0 Å². The molecule has 5 nitrogen and oxygen atoms in total. The van der Waals surface area contributed by atoms with Crippen LogP contribution in [0.3, 0.4) is 0 Å². The molecule has 0 saturated carbocycles. The summed E-state index contributed by atoms with van der Waals surface area (Å²) in [5.41, 5.74) is 7.41. The second-order valence-electron chi connectivity index (χ2n) is 4.73. The van der Waals surface area contributed by atoms with Crippen molar-refractivity contribution in [1.82, 2.24) is 4.98 Å². The molecule has 2 aromatic rings. The van der Waals surface area contributed by atoms with Crippen LogP contribution in [0.15, 0.2) is 35.2 Å². The minimum Gasteiger partial charge on any atom is -0.326 e. The summed E-state index contributed by atoms with van der Waals surface area (Å²) in [6.45, 7) is 3.59. The summed E-state index contributed by atoms with van der Waals surface area (Å²) in [7, 11) is -3.94. The molecule has 1 heterocycles. The Labute approximate surface area is 123 Å². The van der Waals surface area contributed by atoms with Gasteiger partial charge in [0.25, 0.3) is 10.0 Å². The molecule has 3 N–H and O–H groups in total. The lowest BCUT2D eigenvalue weighted by Gasteiger charge is -2.12. The third kappa shape index (κ3) is 3.56. The molecule has 2 rings (SSSR count). The second kappa shape index (κ2) is 5.79. The molecule has 21 heavy (non-hydrogen) atoms. The lowest BCUT2D eigenvalue weighted by molar-refractivity contribution is 0.593. The van der Waals surface area contributed by atoms with Crippen molar-refractivity contribution in [3.63, 3.8) is 0 Å². The number of rotatable bonds is 4. The molecule has 0 aliphatic heterocycles. The fourth-order valence-corrected chi connectivity index (χ4v) is 3.29. The topological polar surface area (TPSA) is 85.1 Å². The molecule has 0 aliphatic carbocycles. The lowest BCUT2D eigenvalue weighted by Crippen LogP contribution is -2.17. The first-order chi connectivity index (χ1) is 9.81. The first-order valence-electron chi connectivity index (χ1n) is 6.28. The van der Waals surface area contributed by atoms with Crippen LogP contribution in [0.1, 0.15) is 16.8 Å². The van der Waals surface area contributed by atoms with E-state index in [1.165, 1.54) is 12.1 Å². The van der Waals surface area contributed by atoms with E-state index in [4.69, 9.17) is 5.73 Å². The van der Waals surface area contributed by atoms with Crippen LogP contribution in [0.25, 0.3) is 0 Å². The number of pyridine rings is 1. The minimum absolute atomic E-state index is 0.00318. The van der Waals surface area contributed by atoms with Crippen LogP contribution in [-0.4, -0.2) is 13.4 Å². The molecule has 0 aliphatic rings. The van der Waals surface area contributed by atoms with Crippen molar-refractivity contribution in [2.24, 2.45) is 5.73 Å². The van der Waals surface area contributed by atoms with Gasteiger partial charge in [-0.05, 0) is 49.2 Å². The standard InChI is InChI=1S/C14H16FN3O2S/c1-9-5-10(2)17-14(6-9)18-21(19,20)13-7-12(15)4-3-11(13)8-16/h3-7H,8,16H2,1-2H3,(H,17,18). The zero-order chi connectivity index (χ0) is 15.6. The molecule has 0 radical (unpaired) electrons. The highest BCUT2D eigenvalue weighted by Gasteiger charge is 2.19. The van der Waals surface area contributed by atoms with E-state index in [0.717, 1.165) is 11.6 Å². The maximum absolute atomic E-state index is 13.3. The summed E-state index contributed by atoms with van der Waals surface area (Å²) >= 11 is 0. The number of nitrogens with zero attached hydrogens (tertiary/aromatic N) is 1. The van der Waals surface area contributed by atoms with Gasteiger partial charge in [0.1, 0.15) is 11.6 Å². The van der Waals surface area contributed by atoms with Gasteiger partial charge in [0.2, 0.25) is 0 Å². The Morgan fingerprint density at radius 2 is 1.95 bits per heavy atom. The third-order valence-corrected chi connectivity index (χ3v) is 4.31. The summed E-state index contributed by atoms with van der Waals surface area (Å²) in [4.78, 5) is 3.93. The van der Waals surface area contributed by atoms with E-state index in [9.17, 15) is 12.8 Å². The lowest BCUT2D eigenvalue weighted by atomic mass is 10.2. The van der Waals surface area contributed by atoms with Crippen LogP contribution in [0.4, 0.5) is 10.2 Å². The van der Waals surface area contributed by atoms with Gasteiger partial charge >= 0.3 is 0 Å². The summed E-state index contributed by atoms with van der Waals surface area (Å²) in [5.74, 6) is -0.444. The number of hydrogen-bond donors (Lipinski definition) is 2. The van der Waals surface area contributed by atoms with Crippen molar-refractivity contribution in [2.45, 2.75) is 25.3 Å². The Morgan fingerprint density at radius 1 is 1.24 bits per heavy atom. The Morgan fingerprint density at radius 3 is 2.57 bits per heavy atom. The predicted octanol–water partition coefficient (Wildman–Crippen LogP) is 2.10. The number of aryl methyl sites for hydroxylation is 2. The van der Waals surface area contributed by atoms with Crippen molar-refractivity contribution < 1.29 is 12.8 Å². The van der Waals surface area contributed by atoms with Crippen molar-refractivity contribution in [2.75, 3.05) is 4.72 Å². The van der Waals surface area contributed by atoms with Crippen molar-refractivity contribution in [3.05, 3.63) is 53.0 Å². The Kier molecular flexibility index (Phi) is 4.24. The van der Waals surface area contributed by atoms with Crippen molar-refractivity contribution >= 4 is 15.8 Å². The Hall–Kier alpha value is -1.99. The second-order valence-corrected chi connectivity index (χ2v) is 6.38. The summed E-state index contributed by atoms with van der Waals surface area (Å²) in [6.07, 6.45) is 0. The van der Waals surface area contributed by atoms with E-state index in [0.29, 0.717) is 11.3 Å². The molecule has 1 aromatic carbocycles. The largest absolute Gasteiger partial charge is 0.326 e. The fourth-order valence-electron chi connectivity index (χ4n) is 2.03. The normalized spacial score (nSPS) is 11.4. The first kappa shape index (κ1) is 15.4. The number of anilines is 1. The fraction of sp³-hybridized carbons (Fsp3) is 0.214. The molecular weight excluding hydrogens is 293 g/mol. The van der Waals surface area contributed by atoms with Crippen molar-refractivity contribution in [3.8, 4) is 0 Å². The molecule has 0 atom stereocenters. The first-order valence-corrected chi connectivity index (χ1v) is 7.77. The van der Waals surface area contributed by atoms with E-state index < -0.39 is 15.8 Å². The van der Waals surface area contributed by atoms with E-state index in [-0.39, 0.29) is 17.3 Å². The molecule has 0 amide bonds. The smallest absolute Gasteiger partial charge is 0.263 e. The number of hydrogen-bond acceptors (Lipinski definition) is 4. The van der Waals surface area contributed by atoms with Gasteiger partial charge in [-0.15, -0.1) is 0 Å². The number of benzene rings is 1. The van der Waals surface area contributed by atoms with Gasteiger partial charge in [-0.3, -0.25) is 4.72 Å². The number of aromatic nitrogens is 1. The number of nitrogens with one attached hydrogen (secondary N) is 1. The summed E-state index contributed by atoms with van der Waals surface area (Å²) in [6, 6.07) is 6.92. The Bertz CT molecular complexity index is 756. The van der Waals surface area contributed by atoms with Crippen LogP contribution in [0, 0.1) is 19.7 Å². The highest BCUT2D eigenvalue weighted by atomic mass is 32.2. The van der Waals surface area contributed by atoms with Crippen molar-refractivity contribution in [1.29, 1.82) is 0 Å². The number of sulfonamides is 1. The van der Waals surface area contributed by atoms with E-state index in [1.807, 2.05) is 13.0 Å². The maximum Gasteiger partial charge on any atom is 0.263 e. The SMILES string of the molecule is Cc1cc(C)nc(NS(=O)(=O)c2cc(F)ccc2CN)c1. The number of nitrogens with two attached hydrogens (primary N) is 1. The summed E-state index contributed by atoms with van der Waals surface area (Å²) in [5, 5.41) is 0. The molecular formula is C14H16FN3O2S. The average molecular weight is 309 g/mol. The zero-order valence-corrected chi connectivity index (χ0v) is 12.5. The van der Waals surface area contributed by atoms with Gasteiger partial charge in [-0.2, -0.15) is 0 Å². The van der Waals surface area contributed by atoms with Crippen LogP contribution < -0.4 is 10.5 Å². The van der Waals surface area contributed by atoms with E-state index in [2.05, 4.69) is 9.71 Å². The highest BCUT2D eigenvalue weighted by molar-refractivity contribution is 7.92. The van der Waals surface area contributed by atoms with E-state index in [1.54, 1.807) is 13.0 Å². The van der Waals surface area contributed by atoms with E-state index >= 15 is 0 Å². The molecule has 0 fully saturated rings. The van der Waals surface area contributed by atoms with Gasteiger partial charge in [-0.25, -0.2) is 17.8 Å². The average Bonchev–Trinajstić information content (AvgIpc) is 2.36. The molecule has 7 heteroatoms. The summed E-state index contributed by atoms with van der Waals surface area (Å²) < 4.78 is 40.5. The van der Waals surface area contributed by atoms with Crippen LogP contribution in [0.2, 0.25) is 0 Å². The molecule has 0 spiro atoms.